The Labute approximate surface area is 119 Å². The van der Waals surface area contributed by atoms with Gasteiger partial charge in [0.2, 0.25) is 0 Å². The third kappa shape index (κ3) is 2.59. The first-order valence-corrected chi connectivity index (χ1v) is 8.21. The van der Waals surface area contributed by atoms with Crippen molar-refractivity contribution in [1.29, 1.82) is 0 Å². The topological polar surface area (TPSA) is 29.1 Å². The van der Waals surface area contributed by atoms with E-state index in [-0.39, 0.29) is 5.78 Å². The summed E-state index contributed by atoms with van der Waals surface area (Å²) < 4.78 is 0. The molecule has 1 saturated heterocycles. The van der Waals surface area contributed by atoms with Crippen LogP contribution in [0, 0.1) is 5.41 Å². The van der Waals surface area contributed by atoms with Gasteiger partial charge in [-0.3, -0.25) is 4.79 Å². The first kappa shape index (κ1) is 13.2. The van der Waals surface area contributed by atoms with Crippen molar-refractivity contribution in [2.75, 3.05) is 18.8 Å². The number of fused-ring (bicyclic) bond motifs is 1. The minimum atomic E-state index is 0.260. The van der Waals surface area contributed by atoms with E-state index in [4.69, 9.17) is 0 Å². The van der Waals surface area contributed by atoms with Crippen LogP contribution in [-0.4, -0.2) is 24.6 Å². The van der Waals surface area contributed by atoms with Crippen LogP contribution >= 0.6 is 11.8 Å². The average Bonchev–Trinajstić information content (AvgIpc) is 2.79. The highest BCUT2D eigenvalue weighted by atomic mass is 32.2. The molecule has 2 aliphatic rings. The van der Waals surface area contributed by atoms with Crippen molar-refractivity contribution >= 4 is 17.5 Å². The molecule has 0 radical (unpaired) electrons. The molecule has 1 atom stereocenters. The fourth-order valence-electron chi connectivity index (χ4n) is 3.27. The fraction of sp³-hybridized carbons (Fsp3) is 0.562. The number of rotatable bonds is 2. The van der Waals surface area contributed by atoms with Crippen LogP contribution in [0.25, 0.3) is 0 Å². The standard InChI is InChI=1S/C16H21NOS/c1-2-14(18)12-3-4-15-13(9-12)10-16(6-8-19-15)5-7-17-11-16/h3-4,9,17H,2,5-8,10-11H2,1H3. The molecule has 1 aromatic carbocycles. The van der Waals surface area contributed by atoms with Gasteiger partial charge in [0.25, 0.3) is 0 Å². The molecule has 1 fully saturated rings. The van der Waals surface area contributed by atoms with Crippen LogP contribution in [0.3, 0.4) is 0 Å². The van der Waals surface area contributed by atoms with E-state index in [1.54, 1.807) is 0 Å². The van der Waals surface area contributed by atoms with E-state index < -0.39 is 0 Å². The molecule has 3 rings (SSSR count). The Morgan fingerprint density at radius 2 is 2.32 bits per heavy atom. The number of carbonyl (C=O) groups excluding carboxylic acids is 1. The highest BCUT2D eigenvalue weighted by molar-refractivity contribution is 7.99. The number of hydrogen-bond acceptors (Lipinski definition) is 3. The summed E-state index contributed by atoms with van der Waals surface area (Å²) in [5.74, 6) is 1.46. The van der Waals surface area contributed by atoms with Gasteiger partial charge in [-0.15, -0.1) is 11.8 Å². The van der Waals surface area contributed by atoms with E-state index in [1.165, 1.54) is 29.1 Å². The van der Waals surface area contributed by atoms with Gasteiger partial charge in [0.15, 0.2) is 5.78 Å². The Balaban J connectivity index is 1.93. The van der Waals surface area contributed by atoms with E-state index in [0.717, 1.165) is 25.1 Å². The predicted molar refractivity (Wildman–Crippen MR) is 80.0 cm³/mol. The molecule has 1 unspecified atom stereocenters. The monoisotopic (exact) mass is 275 g/mol. The van der Waals surface area contributed by atoms with Gasteiger partial charge in [-0.2, -0.15) is 0 Å². The van der Waals surface area contributed by atoms with E-state index in [9.17, 15) is 4.79 Å². The normalized spacial score (nSPS) is 26.2. The van der Waals surface area contributed by atoms with E-state index >= 15 is 0 Å². The number of benzene rings is 1. The third-order valence-corrected chi connectivity index (χ3v) is 5.61. The minimum Gasteiger partial charge on any atom is -0.316 e. The summed E-state index contributed by atoms with van der Waals surface area (Å²) in [6.07, 6.45) is 4.29. The second-order valence-corrected chi connectivity index (χ2v) is 6.94. The molecular weight excluding hydrogens is 254 g/mol. The molecule has 2 nitrogen and oxygen atoms in total. The lowest BCUT2D eigenvalue weighted by atomic mass is 9.78. The van der Waals surface area contributed by atoms with Crippen LogP contribution in [0.5, 0.6) is 0 Å². The van der Waals surface area contributed by atoms with Crippen molar-refractivity contribution in [3.63, 3.8) is 0 Å². The van der Waals surface area contributed by atoms with Crippen LogP contribution in [0.15, 0.2) is 23.1 Å². The summed E-state index contributed by atoms with van der Waals surface area (Å²) >= 11 is 1.96. The van der Waals surface area contributed by atoms with Crippen molar-refractivity contribution in [2.24, 2.45) is 5.41 Å². The van der Waals surface area contributed by atoms with Crippen molar-refractivity contribution in [2.45, 2.75) is 37.5 Å². The zero-order valence-electron chi connectivity index (χ0n) is 11.5. The highest BCUT2D eigenvalue weighted by Crippen LogP contribution is 2.42. The first-order valence-electron chi connectivity index (χ1n) is 7.22. The zero-order valence-corrected chi connectivity index (χ0v) is 12.3. The molecule has 0 aromatic heterocycles. The average molecular weight is 275 g/mol. The Hall–Kier alpha value is -0.800. The largest absolute Gasteiger partial charge is 0.316 e. The van der Waals surface area contributed by atoms with Gasteiger partial charge < -0.3 is 5.32 Å². The molecule has 1 N–H and O–H groups in total. The fourth-order valence-corrected chi connectivity index (χ4v) is 4.50. The second kappa shape index (κ2) is 5.29. The number of hydrogen-bond donors (Lipinski definition) is 1. The van der Waals surface area contributed by atoms with Gasteiger partial charge in [0.1, 0.15) is 0 Å². The zero-order chi connectivity index (χ0) is 13.3. The summed E-state index contributed by atoms with van der Waals surface area (Å²) in [4.78, 5) is 13.3. The molecular formula is C16H21NOS. The molecule has 0 saturated carbocycles. The Bertz CT molecular complexity index is 492. The van der Waals surface area contributed by atoms with Crippen molar-refractivity contribution in [1.82, 2.24) is 5.32 Å². The van der Waals surface area contributed by atoms with Gasteiger partial charge in [0, 0.05) is 23.4 Å². The molecule has 0 bridgehead atoms. The molecule has 2 aliphatic heterocycles. The number of Topliss-reactive ketones (excluding diaryl/α,β-unsaturated/α-hetero) is 1. The Morgan fingerprint density at radius 1 is 1.42 bits per heavy atom. The number of ketones is 1. The van der Waals surface area contributed by atoms with Crippen LogP contribution in [0.2, 0.25) is 0 Å². The second-order valence-electron chi connectivity index (χ2n) is 5.80. The third-order valence-electron chi connectivity index (χ3n) is 4.49. The van der Waals surface area contributed by atoms with Crippen molar-refractivity contribution in [3.8, 4) is 0 Å². The maximum absolute atomic E-state index is 11.9. The molecule has 2 heterocycles. The molecule has 102 valence electrons. The molecule has 19 heavy (non-hydrogen) atoms. The van der Waals surface area contributed by atoms with E-state index in [0.29, 0.717) is 11.8 Å². The SMILES string of the molecule is CCC(=O)c1ccc2c(c1)CC1(CCNC1)CCS2. The molecule has 0 aliphatic carbocycles. The molecule has 3 heteroatoms. The van der Waals surface area contributed by atoms with Gasteiger partial charge in [-0.05, 0) is 54.7 Å². The smallest absolute Gasteiger partial charge is 0.162 e. The summed E-state index contributed by atoms with van der Waals surface area (Å²) in [6, 6.07) is 6.31. The van der Waals surface area contributed by atoms with Crippen molar-refractivity contribution < 1.29 is 4.79 Å². The first-order chi connectivity index (χ1) is 9.22. The van der Waals surface area contributed by atoms with Crippen LogP contribution in [0.4, 0.5) is 0 Å². The van der Waals surface area contributed by atoms with Gasteiger partial charge in [-0.1, -0.05) is 13.0 Å². The number of carbonyl (C=O) groups is 1. The minimum absolute atomic E-state index is 0.260. The number of thioether (sulfide) groups is 1. The highest BCUT2D eigenvalue weighted by Gasteiger charge is 2.35. The lowest BCUT2D eigenvalue weighted by Crippen LogP contribution is -2.26. The van der Waals surface area contributed by atoms with Crippen molar-refractivity contribution in [3.05, 3.63) is 29.3 Å². The maximum Gasteiger partial charge on any atom is 0.162 e. The van der Waals surface area contributed by atoms with Gasteiger partial charge in [-0.25, -0.2) is 0 Å². The summed E-state index contributed by atoms with van der Waals surface area (Å²) in [5.41, 5.74) is 2.72. The quantitative estimate of drug-likeness (QED) is 0.840. The van der Waals surface area contributed by atoms with E-state index in [1.807, 2.05) is 24.8 Å². The molecule has 1 spiro atoms. The number of nitrogens with one attached hydrogen (secondary N) is 1. The summed E-state index contributed by atoms with van der Waals surface area (Å²) in [6.45, 7) is 4.22. The Morgan fingerprint density at radius 3 is 3.05 bits per heavy atom. The Kier molecular flexibility index (Phi) is 3.68. The molecule has 0 amide bonds. The van der Waals surface area contributed by atoms with Crippen LogP contribution < -0.4 is 5.32 Å². The lowest BCUT2D eigenvalue weighted by Gasteiger charge is -2.26. The van der Waals surface area contributed by atoms with E-state index in [2.05, 4.69) is 17.4 Å². The summed E-state index contributed by atoms with van der Waals surface area (Å²) in [5, 5.41) is 3.51. The molecule has 1 aromatic rings. The predicted octanol–water partition coefficient (Wildman–Crippen LogP) is 3.30. The maximum atomic E-state index is 11.9. The summed E-state index contributed by atoms with van der Waals surface area (Å²) in [7, 11) is 0. The lowest BCUT2D eigenvalue weighted by molar-refractivity contribution is 0.0988. The van der Waals surface area contributed by atoms with Gasteiger partial charge in [0.05, 0.1) is 0 Å². The van der Waals surface area contributed by atoms with Crippen LogP contribution in [0.1, 0.15) is 42.1 Å². The van der Waals surface area contributed by atoms with Gasteiger partial charge >= 0.3 is 0 Å². The van der Waals surface area contributed by atoms with Crippen LogP contribution in [-0.2, 0) is 6.42 Å².